The van der Waals surface area contributed by atoms with Gasteiger partial charge in [0.1, 0.15) is 5.02 Å². The molecule has 3 aromatic rings. The van der Waals surface area contributed by atoms with E-state index in [4.69, 9.17) is 23.2 Å². The minimum atomic E-state index is -0.621. The number of hydrogen-bond acceptors (Lipinski definition) is 4. The van der Waals surface area contributed by atoms with Crippen molar-refractivity contribution in [1.29, 1.82) is 0 Å². The molecule has 0 radical (unpaired) electrons. The third-order valence-electron chi connectivity index (χ3n) is 4.32. The molecule has 0 N–H and O–H groups in total. The van der Waals surface area contributed by atoms with Crippen LogP contribution in [0.4, 0.5) is 5.69 Å². The number of rotatable bonds is 5. The van der Waals surface area contributed by atoms with Crippen molar-refractivity contribution in [2.24, 2.45) is 4.99 Å². The number of thiazole rings is 1. The second-order valence-corrected chi connectivity index (χ2v) is 8.01. The van der Waals surface area contributed by atoms with Crippen LogP contribution >= 0.6 is 34.5 Å². The fraction of sp³-hybridized carbons (Fsp3) is 0.200. The first-order chi connectivity index (χ1) is 13.8. The lowest BCUT2D eigenvalue weighted by Crippen LogP contribution is -2.17. The van der Waals surface area contributed by atoms with Gasteiger partial charge in [-0.2, -0.15) is 4.99 Å². The lowest BCUT2D eigenvalue weighted by Gasteiger charge is -2.08. The Balaban J connectivity index is 2.12. The van der Waals surface area contributed by atoms with Crippen LogP contribution < -0.4 is 4.80 Å². The van der Waals surface area contributed by atoms with Gasteiger partial charge in [0, 0.05) is 28.1 Å². The van der Waals surface area contributed by atoms with Crippen molar-refractivity contribution < 1.29 is 9.72 Å². The van der Waals surface area contributed by atoms with E-state index in [2.05, 4.69) is 4.99 Å². The molecule has 9 heteroatoms. The van der Waals surface area contributed by atoms with Gasteiger partial charge in [0.2, 0.25) is 0 Å². The lowest BCUT2D eigenvalue weighted by atomic mass is 10.1. The molecule has 1 heterocycles. The van der Waals surface area contributed by atoms with E-state index in [-0.39, 0.29) is 16.3 Å². The molecule has 150 valence electrons. The zero-order chi connectivity index (χ0) is 21.1. The van der Waals surface area contributed by atoms with Crippen LogP contribution in [0.25, 0.3) is 11.3 Å². The number of halogens is 2. The summed E-state index contributed by atoms with van der Waals surface area (Å²) in [4.78, 5) is 29.1. The first-order valence-electron chi connectivity index (χ1n) is 8.87. The highest BCUT2D eigenvalue weighted by Gasteiger charge is 2.18. The summed E-state index contributed by atoms with van der Waals surface area (Å²) in [5.41, 5.74) is 1.77. The van der Waals surface area contributed by atoms with E-state index in [0.29, 0.717) is 16.4 Å². The maximum Gasteiger partial charge on any atom is 0.288 e. The summed E-state index contributed by atoms with van der Waals surface area (Å²) in [6.45, 7) is 4.63. The molecule has 0 atom stereocenters. The van der Waals surface area contributed by atoms with Crippen molar-refractivity contribution in [3.05, 3.63) is 77.9 Å². The van der Waals surface area contributed by atoms with Gasteiger partial charge in [-0.15, -0.1) is 11.3 Å². The Kier molecular flexibility index (Phi) is 6.52. The van der Waals surface area contributed by atoms with Crippen LogP contribution in [-0.2, 0) is 13.0 Å². The summed E-state index contributed by atoms with van der Waals surface area (Å²) in [7, 11) is 0. The Morgan fingerprint density at radius 3 is 2.45 bits per heavy atom. The smallest absolute Gasteiger partial charge is 0.288 e. The van der Waals surface area contributed by atoms with Gasteiger partial charge in [0.05, 0.1) is 10.6 Å². The molecule has 0 bridgehead atoms. The average molecular weight is 450 g/mol. The largest absolute Gasteiger partial charge is 0.316 e. The van der Waals surface area contributed by atoms with E-state index < -0.39 is 10.8 Å². The van der Waals surface area contributed by atoms with Crippen LogP contribution in [0.2, 0.25) is 10.0 Å². The SMILES string of the molecule is CCc1sc(=NC(=O)c2ccc(Cl)c([N+](=O)[O-])c2)n(CC)c1-c1ccc(Cl)cc1. The fourth-order valence-corrected chi connectivity index (χ4v) is 4.40. The molecule has 0 aliphatic heterocycles. The normalized spacial score (nSPS) is 11.7. The number of aryl methyl sites for hydroxylation is 1. The summed E-state index contributed by atoms with van der Waals surface area (Å²) >= 11 is 13.3. The molecule has 0 aliphatic carbocycles. The molecule has 0 saturated heterocycles. The maximum absolute atomic E-state index is 12.7. The van der Waals surface area contributed by atoms with Crippen LogP contribution in [0.5, 0.6) is 0 Å². The predicted octanol–water partition coefficient (Wildman–Crippen LogP) is 5.76. The number of carbonyl (C=O) groups excluding carboxylic acids is 1. The summed E-state index contributed by atoms with van der Waals surface area (Å²) in [5.74, 6) is -0.557. The monoisotopic (exact) mass is 449 g/mol. The Bertz CT molecular complexity index is 1150. The van der Waals surface area contributed by atoms with Crippen molar-refractivity contribution >= 4 is 46.1 Å². The third kappa shape index (κ3) is 4.42. The van der Waals surface area contributed by atoms with E-state index >= 15 is 0 Å². The van der Waals surface area contributed by atoms with E-state index in [9.17, 15) is 14.9 Å². The number of hydrogen-bond donors (Lipinski definition) is 0. The molecule has 1 amide bonds. The topological polar surface area (TPSA) is 77.5 Å². The van der Waals surface area contributed by atoms with E-state index in [1.165, 1.54) is 23.5 Å². The van der Waals surface area contributed by atoms with Crippen molar-refractivity contribution in [3.63, 3.8) is 0 Å². The maximum atomic E-state index is 12.7. The Morgan fingerprint density at radius 2 is 1.86 bits per heavy atom. The molecule has 2 aromatic carbocycles. The van der Waals surface area contributed by atoms with Gasteiger partial charge in [-0.25, -0.2) is 0 Å². The minimum absolute atomic E-state index is 0.0235. The molecule has 0 saturated carbocycles. The highest BCUT2D eigenvalue weighted by molar-refractivity contribution is 7.09. The summed E-state index contributed by atoms with van der Waals surface area (Å²) in [6.07, 6.45) is 0.777. The van der Waals surface area contributed by atoms with E-state index in [1.54, 1.807) is 0 Å². The zero-order valence-electron chi connectivity index (χ0n) is 15.7. The molecular weight excluding hydrogens is 433 g/mol. The molecule has 0 unspecified atom stereocenters. The highest BCUT2D eigenvalue weighted by Crippen LogP contribution is 2.28. The Labute approximate surface area is 181 Å². The molecule has 0 aliphatic rings. The number of nitrogens with zero attached hydrogens (tertiary/aromatic N) is 3. The first kappa shape index (κ1) is 21.2. The summed E-state index contributed by atoms with van der Waals surface area (Å²) < 4.78 is 1.97. The van der Waals surface area contributed by atoms with E-state index in [0.717, 1.165) is 28.6 Å². The van der Waals surface area contributed by atoms with Gasteiger partial charge in [0.15, 0.2) is 4.80 Å². The molecule has 1 aromatic heterocycles. The number of aromatic nitrogens is 1. The van der Waals surface area contributed by atoms with Crippen LogP contribution in [0.15, 0.2) is 47.5 Å². The van der Waals surface area contributed by atoms with Gasteiger partial charge in [-0.1, -0.05) is 42.3 Å². The van der Waals surface area contributed by atoms with Crippen LogP contribution in [0, 0.1) is 10.1 Å². The van der Waals surface area contributed by atoms with E-state index in [1.807, 2.05) is 42.7 Å². The van der Waals surface area contributed by atoms with Crippen molar-refractivity contribution in [3.8, 4) is 11.3 Å². The lowest BCUT2D eigenvalue weighted by molar-refractivity contribution is -0.384. The Hall–Kier alpha value is -2.48. The van der Waals surface area contributed by atoms with Crippen LogP contribution in [0.1, 0.15) is 29.1 Å². The number of benzene rings is 2. The predicted molar refractivity (Wildman–Crippen MR) is 116 cm³/mol. The number of amides is 1. The Morgan fingerprint density at radius 1 is 1.17 bits per heavy atom. The van der Waals surface area contributed by atoms with Crippen molar-refractivity contribution in [2.75, 3.05) is 0 Å². The van der Waals surface area contributed by atoms with Gasteiger partial charge < -0.3 is 4.57 Å². The molecule has 6 nitrogen and oxygen atoms in total. The van der Waals surface area contributed by atoms with Crippen molar-refractivity contribution in [1.82, 2.24) is 4.57 Å². The fourth-order valence-electron chi connectivity index (χ4n) is 2.94. The first-order valence-corrected chi connectivity index (χ1v) is 10.4. The van der Waals surface area contributed by atoms with Crippen LogP contribution in [0.3, 0.4) is 0 Å². The minimum Gasteiger partial charge on any atom is -0.316 e. The van der Waals surface area contributed by atoms with Gasteiger partial charge >= 0.3 is 0 Å². The molecule has 3 rings (SSSR count). The van der Waals surface area contributed by atoms with Crippen LogP contribution in [-0.4, -0.2) is 15.4 Å². The highest BCUT2D eigenvalue weighted by atomic mass is 35.5. The number of nitro groups is 1. The van der Waals surface area contributed by atoms with Gasteiger partial charge in [-0.3, -0.25) is 14.9 Å². The third-order valence-corrected chi connectivity index (χ3v) is 6.12. The zero-order valence-corrected chi connectivity index (χ0v) is 18.0. The summed E-state index contributed by atoms with van der Waals surface area (Å²) in [6, 6.07) is 11.4. The van der Waals surface area contributed by atoms with Crippen molar-refractivity contribution in [2.45, 2.75) is 26.8 Å². The van der Waals surface area contributed by atoms with Gasteiger partial charge in [-0.05, 0) is 43.2 Å². The second kappa shape index (κ2) is 8.90. The number of carbonyl (C=O) groups is 1. The van der Waals surface area contributed by atoms with Gasteiger partial charge in [0.25, 0.3) is 11.6 Å². The quantitative estimate of drug-likeness (QED) is 0.367. The number of nitro benzene ring substituents is 1. The molecule has 0 fully saturated rings. The second-order valence-electron chi connectivity index (χ2n) is 6.10. The molecular formula is C20H17Cl2N3O3S. The molecule has 0 spiro atoms. The molecule has 29 heavy (non-hydrogen) atoms. The summed E-state index contributed by atoms with van der Waals surface area (Å²) in [5, 5.41) is 11.7. The average Bonchev–Trinajstić information content (AvgIpc) is 3.05. The standard InChI is InChI=1S/C20H17Cl2N3O3S/c1-3-17-18(12-5-8-14(21)9-6-12)24(4-2)20(29-17)23-19(26)13-7-10-15(22)16(11-13)25(27)28/h5-11H,3-4H2,1-2H3.